The number of para-hydroxylation sites is 1. The van der Waals surface area contributed by atoms with Crippen molar-refractivity contribution in [2.75, 3.05) is 4.90 Å². The van der Waals surface area contributed by atoms with Crippen molar-refractivity contribution in [1.82, 2.24) is 0 Å². The lowest BCUT2D eigenvalue weighted by Gasteiger charge is -2.30. The fraction of sp³-hybridized carbons (Fsp3) is 0. The summed E-state index contributed by atoms with van der Waals surface area (Å²) in [4.78, 5) is 2.46. The number of fused-ring (bicyclic) bond motifs is 2. The lowest BCUT2D eigenvalue weighted by atomic mass is 9.93. The molecular formula is C50H35N. The molecule has 51 heavy (non-hydrogen) atoms. The lowest BCUT2D eigenvalue weighted by Crippen LogP contribution is -2.12. The van der Waals surface area contributed by atoms with Gasteiger partial charge in [-0.2, -0.15) is 0 Å². The van der Waals surface area contributed by atoms with E-state index < -0.39 is 0 Å². The molecule has 0 atom stereocenters. The largest absolute Gasteiger partial charge is 0.309 e. The van der Waals surface area contributed by atoms with Crippen molar-refractivity contribution in [3.8, 4) is 44.5 Å². The van der Waals surface area contributed by atoms with Crippen LogP contribution in [0.25, 0.3) is 66.1 Å². The summed E-state index contributed by atoms with van der Waals surface area (Å²) in [6.45, 7) is 0. The van der Waals surface area contributed by atoms with Gasteiger partial charge in [0.2, 0.25) is 0 Å². The summed E-state index contributed by atoms with van der Waals surface area (Å²) in [7, 11) is 0. The molecule has 9 rings (SSSR count). The second-order valence-corrected chi connectivity index (χ2v) is 13.0. The standard InChI is InChI=1S/C50H35N/c1-3-14-36(15-4-1)39-28-31-40(32-29-39)47-25-12-20-41-21-13-27-49(50(41)47)51(45-23-11-22-43(35-45)37-16-5-2-6-17-37)48-26-10-9-24-46(48)44-33-30-38-18-7-8-19-42(38)34-44/h1-35H. The van der Waals surface area contributed by atoms with Crippen LogP contribution in [0.5, 0.6) is 0 Å². The number of hydrogen-bond acceptors (Lipinski definition) is 1. The van der Waals surface area contributed by atoms with Gasteiger partial charge in [-0.15, -0.1) is 0 Å². The van der Waals surface area contributed by atoms with Gasteiger partial charge in [0.1, 0.15) is 0 Å². The maximum absolute atomic E-state index is 2.46. The summed E-state index contributed by atoms with van der Waals surface area (Å²) >= 11 is 0. The molecule has 9 aromatic carbocycles. The molecule has 9 aromatic rings. The van der Waals surface area contributed by atoms with Gasteiger partial charge >= 0.3 is 0 Å². The first kappa shape index (κ1) is 30.4. The molecule has 0 saturated heterocycles. The van der Waals surface area contributed by atoms with E-state index in [0.717, 1.165) is 17.1 Å². The van der Waals surface area contributed by atoms with Crippen molar-refractivity contribution in [2.24, 2.45) is 0 Å². The summed E-state index contributed by atoms with van der Waals surface area (Å²) in [6, 6.07) is 76.7. The van der Waals surface area contributed by atoms with Gasteiger partial charge in [0.25, 0.3) is 0 Å². The number of nitrogens with zero attached hydrogens (tertiary/aromatic N) is 1. The Labute approximate surface area is 299 Å². The van der Waals surface area contributed by atoms with Gasteiger partial charge in [-0.05, 0) is 85.4 Å². The quantitative estimate of drug-likeness (QED) is 0.166. The third-order valence-electron chi connectivity index (χ3n) is 9.84. The van der Waals surface area contributed by atoms with E-state index >= 15 is 0 Å². The van der Waals surface area contributed by atoms with E-state index in [9.17, 15) is 0 Å². The number of benzene rings is 9. The topological polar surface area (TPSA) is 3.24 Å². The monoisotopic (exact) mass is 649 g/mol. The minimum Gasteiger partial charge on any atom is -0.309 e. The van der Waals surface area contributed by atoms with E-state index in [1.54, 1.807) is 0 Å². The lowest BCUT2D eigenvalue weighted by molar-refractivity contribution is 1.30. The predicted octanol–water partition coefficient (Wildman–Crippen LogP) is 14.1. The van der Waals surface area contributed by atoms with E-state index in [1.807, 2.05) is 0 Å². The highest BCUT2D eigenvalue weighted by molar-refractivity contribution is 6.09. The van der Waals surface area contributed by atoms with Gasteiger partial charge in [-0.1, -0.05) is 182 Å². The molecule has 0 aromatic heterocycles. The molecule has 0 aliphatic heterocycles. The van der Waals surface area contributed by atoms with Crippen molar-refractivity contribution in [1.29, 1.82) is 0 Å². The fourth-order valence-corrected chi connectivity index (χ4v) is 7.35. The van der Waals surface area contributed by atoms with Gasteiger partial charge in [-0.3, -0.25) is 0 Å². The van der Waals surface area contributed by atoms with Gasteiger partial charge in [0.05, 0.1) is 11.4 Å². The minimum absolute atomic E-state index is 1.10. The maximum Gasteiger partial charge on any atom is 0.0546 e. The highest BCUT2D eigenvalue weighted by atomic mass is 15.1. The van der Waals surface area contributed by atoms with E-state index in [4.69, 9.17) is 0 Å². The number of rotatable bonds is 7. The van der Waals surface area contributed by atoms with Crippen molar-refractivity contribution in [3.63, 3.8) is 0 Å². The molecule has 0 saturated carbocycles. The molecule has 0 bridgehead atoms. The zero-order chi connectivity index (χ0) is 34.0. The molecule has 0 fully saturated rings. The fourth-order valence-electron chi connectivity index (χ4n) is 7.35. The third-order valence-corrected chi connectivity index (χ3v) is 9.84. The Balaban J connectivity index is 1.28. The molecule has 0 heterocycles. The number of anilines is 3. The van der Waals surface area contributed by atoms with Crippen LogP contribution in [0.1, 0.15) is 0 Å². The van der Waals surface area contributed by atoms with E-state index in [-0.39, 0.29) is 0 Å². The number of hydrogen-bond donors (Lipinski definition) is 0. The maximum atomic E-state index is 2.46. The predicted molar refractivity (Wildman–Crippen MR) is 218 cm³/mol. The average molecular weight is 650 g/mol. The molecule has 0 aliphatic rings. The summed E-state index contributed by atoms with van der Waals surface area (Å²) in [6.07, 6.45) is 0. The van der Waals surface area contributed by atoms with Gasteiger partial charge in [0.15, 0.2) is 0 Å². The van der Waals surface area contributed by atoms with Crippen LogP contribution in [-0.4, -0.2) is 0 Å². The second kappa shape index (κ2) is 13.3. The Bertz CT molecular complexity index is 2620. The highest BCUT2D eigenvalue weighted by Gasteiger charge is 2.21. The van der Waals surface area contributed by atoms with Crippen molar-refractivity contribution in [2.45, 2.75) is 0 Å². The summed E-state index contributed by atoms with van der Waals surface area (Å²) in [5.41, 5.74) is 12.9. The first-order chi connectivity index (χ1) is 25.3. The van der Waals surface area contributed by atoms with E-state index in [0.29, 0.717) is 0 Å². The molecule has 0 unspecified atom stereocenters. The van der Waals surface area contributed by atoms with Crippen LogP contribution in [0.15, 0.2) is 212 Å². The van der Waals surface area contributed by atoms with Crippen LogP contribution in [0.2, 0.25) is 0 Å². The van der Waals surface area contributed by atoms with Crippen LogP contribution < -0.4 is 4.90 Å². The van der Waals surface area contributed by atoms with Crippen LogP contribution in [0, 0.1) is 0 Å². The van der Waals surface area contributed by atoms with E-state index in [1.165, 1.54) is 66.1 Å². The molecule has 0 spiro atoms. The van der Waals surface area contributed by atoms with Crippen LogP contribution in [-0.2, 0) is 0 Å². The average Bonchev–Trinajstić information content (AvgIpc) is 3.22. The van der Waals surface area contributed by atoms with Crippen molar-refractivity contribution >= 4 is 38.6 Å². The molecule has 0 aliphatic carbocycles. The first-order valence-electron chi connectivity index (χ1n) is 17.5. The molecule has 240 valence electrons. The smallest absolute Gasteiger partial charge is 0.0546 e. The minimum atomic E-state index is 1.10. The van der Waals surface area contributed by atoms with Crippen LogP contribution in [0.4, 0.5) is 17.1 Å². The Morgan fingerprint density at radius 1 is 0.255 bits per heavy atom. The second-order valence-electron chi connectivity index (χ2n) is 13.0. The summed E-state index contributed by atoms with van der Waals surface area (Å²) < 4.78 is 0. The molecule has 0 radical (unpaired) electrons. The third kappa shape index (κ3) is 5.86. The van der Waals surface area contributed by atoms with Crippen molar-refractivity contribution in [3.05, 3.63) is 212 Å². The zero-order valence-corrected chi connectivity index (χ0v) is 28.2. The van der Waals surface area contributed by atoms with Crippen molar-refractivity contribution < 1.29 is 0 Å². The molecule has 0 amide bonds. The zero-order valence-electron chi connectivity index (χ0n) is 28.2. The summed E-state index contributed by atoms with van der Waals surface area (Å²) in [5, 5.41) is 4.88. The van der Waals surface area contributed by atoms with Crippen LogP contribution in [0.3, 0.4) is 0 Å². The summed E-state index contributed by atoms with van der Waals surface area (Å²) in [5.74, 6) is 0. The SMILES string of the molecule is c1ccc(-c2ccc(-c3cccc4cccc(N(c5cccc(-c6ccccc6)c5)c5ccccc5-c5ccc6ccccc6c5)c34)cc2)cc1. The normalized spacial score (nSPS) is 11.1. The van der Waals surface area contributed by atoms with Crippen LogP contribution >= 0.6 is 0 Å². The Kier molecular flexibility index (Phi) is 7.92. The molecule has 1 heteroatoms. The molecular weight excluding hydrogens is 615 g/mol. The molecule has 0 N–H and O–H groups in total. The van der Waals surface area contributed by atoms with Gasteiger partial charge in [-0.25, -0.2) is 0 Å². The van der Waals surface area contributed by atoms with Gasteiger partial charge in [0, 0.05) is 16.6 Å². The van der Waals surface area contributed by atoms with Gasteiger partial charge < -0.3 is 4.90 Å². The molecule has 1 nitrogen and oxygen atoms in total. The first-order valence-corrected chi connectivity index (χ1v) is 17.5. The Hall–Kier alpha value is -6.70. The Morgan fingerprint density at radius 2 is 0.765 bits per heavy atom. The highest BCUT2D eigenvalue weighted by Crippen LogP contribution is 2.46. The van der Waals surface area contributed by atoms with E-state index in [2.05, 4.69) is 217 Å². The Morgan fingerprint density at radius 3 is 1.55 bits per heavy atom.